The third kappa shape index (κ3) is 7.02. The fourth-order valence-electron chi connectivity index (χ4n) is 3.40. The van der Waals surface area contributed by atoms with Gasteiger partial charge in [-0.1, -0.05) is 18.2 Å². The van der Waals surface area contributed by atoms with Gasteiger partial charge in [0, 0.05) is 57.4 Å². The highest BCUT2D eigenvalue weighted by Gasteiger charge is 2.19. The molecular weight excluding hydrogens is 359 g/mol. The quantitative estimate of drug-likeness (QED) is 0.808. The van der Waals surface area contributed by atoms with Crippen molar-refractivity contribution in [2.24, 2.45) is 0 Å². The van der Waals surface area contributed by atoms with Crippen molar-refractivity contribution in [1.29, 1.82) is 0 Å². The summed E-state index contributed by atoms with van der Waals surface area (Å²) in [4.78, 5) is 16.9. The second-order valence-corrected chi connectivity index (χ2v) is 6.53. The van der Waals surface area contributed by atoms with E-state index in [2.05, 4.69) is 50.8 Å². The van der Waals surface area contributed by atoms with Crippen LogP contribution in [-0.2, 0) is 4.79 Å². The average Bonchev–Trinajstić information content (AvgIpc) is 2.62. The molecule has 0 bridgehead atoms. The van der Waals surface area contributed by atoms with Crippen LogP contribution in [0.25, 0.3) is 0 Å². The maximum absolute atomic E-state index is 12.1. The maximum atomic E-state index is 12.1. The zero-order chi connectivity index (χ0) is 15.9. The van der Waals surface area contributed by atoms with Crippen LogP contribution in [0.15, 0.2) is 30.3 Å². The van der Waals surface area contributed by atoms with Crippen molar-refractivity contribution >= 4 is 36.4 Å². The zero-order valence-corrected chi connectivity index (χ0v) is 16.3. The molecule has 1 aromatic carbocycles. The first-order chi connectivity index (χ1) is 11.3. The third-order valence-corrected chi connectivity index (χ3v) is 4.81. The van der Waals surface area contributed by atoms with Crippen molar-refractivity contribution in [2.45, 2.75) is 25.3 Å². The van der Waals surface area contributed by atoms with Crippen LogP contribution in [0.4, 0.5) is 5.69 Å². The Balaban J connectivity index is 0.00000156. The Hall–Kier alpha value is -1.01. The summed E-state index contributed by atoms with van der Waals surface area (Å²) < 4.78 is 0. The summed E-state index contributed by atoms with van der Waals surface area (Å²) in [6.45, 7) is 7.02. The Kier molecular flexibility index (Phi) is 10.2. The highest BCUT2D eigenvalue weighted by molar-refractivity contribution is 5.85. The summed E-state index contributed by atoms with van der Waals surface area (Å²) in [5.74, 6) is 0.198. The molecular formula is C18H30Cl2N4O. The van der Waals surface area contributed by atoms with Gasteiger partial charge in [-0.25, -0.2) is 0 Å². The van der Waals surface area contributed by atoms with E-state index in [4.69, 9.17) is 0 Å². The van der Waals surface area contributed by atoms with E-state index in [-0.39, 0.29) is 30.7 Å². The normalized spacial score (nSPS) is 21.0. The van der Waals surface area contributed by atoms with Gasteiger partial charge in [0.05, 0.1) is 0 Å². The molecule has 2 aliphatic heterocycles. The van der Waals surface area contributed by atoms with E-state index in [1.165, 1.54) is 5.69 Å². The molecule has 0 aliphatic carbocycles. The van der Waals surface area contributed by atoms with Crippen LogP contribution in [0.1, 0.15) is 19.3 Å². The lowest BCUT2D eigenvalue weighted by Gasteiger charge is -2.36. The van der Waals surface area contributed by atoms with Crippen LogP contribution in [0, 0.1) is 0 Å². The van der Waals surface area contributed by atoms with E-state index in [9.17, 15) is 4.79 Å². The molecule has 2 fully saturated rings. The van der Waals surface area contributed by atoms with Gasteiger partial charge >= 0.3 is 0 Å². The molecule has 5 nitrogen and oxygen atoms in total. The van der Waals surface area contributed by atoms with Crippen LogP contribution in [0.2, 0.25) is 0 Å². The predicted molar refractivity (Wildman–Crippen MR) is 108 cm³/mol. The van der Waals surface area contributed by atoms with Crippen molar-refractivity contribution in [3.05, 3.63) is 30.3 Å². The fraction of sp³-hybridized carbons (Fsp3) is 0.611. The Morgan fingerprint density at radius 1 is 1.12 bits per heavy atom. The molecule has 2 saturated heterocycles. The van der Waals surface area contributed by atoms with Gasteiger partial charge in [-0.3, -0.25) is 9.69 Å². The predicted octanol–water partition coefficient (Wildman–Crippen LogP) is 1.91. The topological polar surface area (TPSA) is 47.6 Å². The number of hydrogen-bond acceptors (Lipinski definition) is 4. The first-order valence-electron chi connectivity index (χ1n) is 8.84. The summed E-state index contributed by atoms with van der Waals surface area (Å²) in [6.07, 6.45) is 2.88. The number of piperidine rings is 1. The number of carbonyl (C=O) groups is 1. The SMILES string of the molecule is Cl.Cl.O=C(CCN1CCN(c2ccccc2)CC1)N[C@H]1CCCNC1. The molecule has 3 rings (SSSR count). The first kappa shape index (κ1) is 22.0. The number of nitrogens with zero attached hydrogens (tertiary/aromatic N) is 2. The summed E-state index contributed by atoms with van der Waals surface area (Å²) in [7, 11) is 0. The lowest BCUT2D eigenvalue weighted by Crippen LogP contribution is -2.48. The van der Waals surface area contributed by atoms with Gasteiger partial charge in [0.15, 0.2) is 0 Å². The van der Waals surface area contributed by atoms with Crippen molar-refractivity contribution in [1.82, 2.24) is 15.5 Å². The maximum Gasteiger partial charge on any atom is 0.221 e. The number of halogens is 2. The zero-order valence-electron chi connectivity index (χ0n) is 14.7. The largest absolute Gasteiger partial charge is 0.369 e. The minimum Gasteiger partial charge on any atom is -0.369 e. The second-order valence-electron chi connectivity index (χ2n) is 6.53. The number of benzene rings is 1. The Bertz CT molecular complexity index is 489. The number of carbonyl (C=O) groups excluding carboxylic acids is 1. The highest BCUT2D eigenvalue weighted by Crippen LogP contribution is 2.15. The number of amides is 1. The molecule has 142 valence electrons. The van der Waals surface area contributed by atoms with Gasteiger partial charge in [0.25, 0.3) is 0 Å². The molecule has 0 saturated carbocycles. The van der Waals surface area contributed by atoms with E-state index in [0.29, 0.717) is 12.5 Å². The van der Waals surface area contributed by atoms with Crippen molar-refractivity contribution in [3.8, 4) is 0 Å². The highest BCUT2D eigenvalue weighted by atomic mass is 35.5. The molecule has 2 heterocycles. The number of hydrogen-bond donors (Lipinski definition) is 2. The van der Waals surface area contributed by atoms with Crippen LogP contribution < -0.4 is 15.5 Å². The average molecular weight is 389 g/mol. The van der Waals surface area contributed by atoms with Crippen LogP contribution in [0.3, 0.4) is 0 Å². The first-order valence-corrected chi connectivity index (χ1v) is 8.84. The molecule has 1 aromatic rings. The van der Waals surface area contributed by atoms with Crippen molar-refractivity contribution in [2.75, 3.05) is 50.7 Å². The lowest BCUT2D eigenvalue weighted by molar-refractivity contribution is -0.122. The van der Waals surface area contributed by atoms with Crippen LogP contribution >= 0.6 is 24.8 Å². The van der Waals surface area contributed by atoms with E-state index in [1.54, 1.807) is 0 Å². The van der Waals surface area contributed by atoms with E-state index >= 15 is 0 Å². The molecule has 7 heteroatoms. The van der Waals surface area contributed by atoms with Gasteiger partial charge in [-0.05, 0) is 31.5 Å². The Morgan fingerprint density at radius 2 is 1.84 bits per heavy atom. The molecule has 1 atom stereocenters. The molecule has 0 unspecified atom stereocenters. The summed E-state index contributed by atoms with van der Waals surface area (Å²) >= 11 is 0. The van der Waals surface area contributed by atoms with Gasteiger partial charge in [-0.15, -0.1) is 24.8 Å². The molecule has 0 radical (unpaired) electrons. The number of nitrogens with one attached hydrogen (secondary N) is 2. The lowest BCUT2D eigenvalue weighted by atomic mass is 10.1. The molecule has 0 spiro atoms. The standard InChI is InChI=1S/C18H28N4O.2ClH/c23-18(20-16-5-4-9-19-15-16)8-10-21-11-13-22(14-12-21)17-6-2-1-3-7-17;;/h1-3,6-7,16,19H,4-5,8-15H2,(H,20,23);2*1H/t16-;;/m0../s1. The van der Waals surface area contributed by atoms with Crippen LogP contribution in [-0.4, -0.2) is 62.7 Å². The van der Waals surface area contributed by atoms with Gasteiger partial charge in [-0.2, -0.15) is 0 Å². The Morgan fingerprint density at radius 3 is 2.48 bits per heavy atom. The number of anilines is 1. The van der Waals surface area contributed by atoms with Crippen LogP contribution in [0.5, 0.6) is 0 Å². The Labute approximate surface area is 163 Å². The van der Waals surface area contributed by atoms with Crippen molar-refractivity contribution < 1.29 is 4.79 Å². The summed E-state index contributed by atoms with van der Waals surface area (Å²) in [5, 5.41) is 6.49. The molecule has 1 amide bonds. The third-order valence-electron chi connectivity index (χ3n) is 4.81. The smallest absolute Gasteiger partial charge is 0.221 e. The summed E-state index contributed by atoms with van der Waals surface area (Å²) in [6, 6.07) is 10.9. The van der Waals surface area contributed by atoms with Gasteiger partial charge < -0.3 is 15.5 Å². The van der Waals surface area contributed by atoms with Gasteiger partial charge in [0.2, 0.25) is 5.91 Å². The monoisotopic (exact) mass is 388 g/mol. The number of piperazine rings is 1. The fourth-order valence-corrected chi connectivity index (χ4v) is 3.40. The van der Waals surface area contributed by atoms with E-state index in [0.717, 1.165) is 58.7 Å². The number of para-hydroxylation sites is 1. The minimum absolute atomic E-state index is 0. The summed E-state index contributed by atoms with van der Waals surface area (Å²) in [5.41, 5.74) is 1.30. The molecule has 25 heavy (non-hydrogen) atoms. The second kappa shape index (κ2) is 11.6. The molecule has 2 aliphatic rings. The van der Waals surface area contributed by atoms with Gasteiger partial charge in [0.1, 0.15) is 0 Å². The van der Waals surface area contributed by atoms with Crippen molar-refractivity contribution in [3.63, 3.8) is 0 Å². The number of rotatable bonds is 5. The molecule has 0 aromatic heterocycles. The molecule has 2 N–H and O–H groups in total. The minimum atomic E-state index is 0. The van der Waals surface area contributed by atoms with E-state index < -0.39 is 0 Å². The van der Waals surface area contributed by atoms with E-state index in [1.807, 2.05) is 0 Å².